The third-order valence-electron chi connectivity index (χ3n) is 2.39. The highest BCUT2D eigenvalue weighted by atomic mass is 35.5. The molecule has 0 saturated carbocycles. The molecular weight excluding hydrogens is 295 g/mol. The van der Waals surface area contributed by atoms with E-state index in [1.54, 1.807) is 19.0 Å². The predicted molar refractivity (Wildman–Crippen MR) is 71.1 cm³/mol. The third kappa shape index (κ3) is 4.39. The average Bonchev–Trinajstić information content (AvgIpc) is 2.30. The maximum Gasteiger partial charge on any atom is 0.243 e. The van der Waals surface area contributed by atoms with Gasteiger partial charge in [0.1, 0.15) is 10.7 Å². The molecule has 0 spiro atoms. The molecule has 1 rings (SSSR count). The molecule has 0 unspecified atom stereocenters. The largest absolute Gasteiger partial charge is 0.392 e. The Labute approximate surface area is 117 Å². The predicted octanol–water partition coefficient (Wildman–Crippen LogP) is 0.811. The Morgan fingerprint density at radius 1 is 1.42 bits per heavy atom. The first-order chi connectivity index (χ1) is 8.77. The first-order valence-electron chi connectivity index (χ1n) is 5.51. The van der Waals surface area contributed by atoms with Crippen LogP contribution in [0.3, 0.4) is 0 Å². The lowest BCUT2D eigenvalue weighted by molar-refractivity contribution is 0.274. The van der Waals surface area contributed by atoms with Crippen LogP contribution < -0.4 is 4.72 Å². The van der Waals surface area contributed by atoms with E-state index in [9.17, 15) is 12.8 Å². The van der Waals surface area contributed by atoms with E-state index in [1.807, 2.05) is 0 Å². The number of hydrogen-bond donors (Lipinski definition) is 2. The highest BCUT2D eigenvalue weighted by molar-refractivity contribution is 7.89. The molecule has 2 N–H and O–H groups in total. The zero-order chi connectivity index (χ0) is 14.6. The molecule has 108 valence electrons. The monoisotopic (exact) mass is 310 g/mol. The van der Waals surface area contributed by atoms with Crippen LogP contribution >= 0.6 is 11.6 Å². The van der Waals surface area contributed by atoms with Crippen molar-refractivity contribution < 1.29 is 17.9 Å². The Bertz CT molecular complexity index is 549. The Kier molecular flexibility index (Phi) is 5.69. The van der Waals surface area contributed by atoms with E-state index in [-0.39, 0.29) is 17.1 Å². The first-order valence-corrected chi connectivity index (χ1v) is 7.37. The lowest BCUT2D eigenvalue weighted by Crippen LogP contribution is -2.32. The second-order valence-electron chi connectivity index (χ2n) is 4.24. The number of nitrogens with zero attached hydrogens (tertiary/aromatic N) is 1. The van der Waals surface area contributed by atoms with E-state index in [0.717, 1.165) is 6.07 Å². The number of halogens is 2. The average molecular weight is 311 g/mol. The topological polar surface area (TPSA) is 69.6 Å². The molecule has 0 bridgehead atoms. The molecule has 0 heterocycles. The number of nitrogens with one attached hydrogen (secondary N) is 1. The van der Waals surface area contributed by atoms with Crippen LogP contribution in [0.25, 0.3) is 0 Å². The summed E-state index contributed by atoms with van der Waals surface area (Å²) in [4.78, 5) is 1.23. The van der Waals surface area contributed by atoms with E-state index in [4.69, 9.17) is 16.7 Å². The summed E-state index contributed by atoms with van der Waals surface area (Å²) in [6.07, 6.45) is 0. The molecular formula is C11H16ClFN2O3S. The van der Waals surface area contributed by atoms with Crippen molar-refractivity contribution in [3.63, 3.8) is 0 Å². The Morgan fingerprint density at radius 2 is 2.05 bits per heavy atom. The van der Waals surface area contributed by atoms with Crippen LogP contribution in [0.4, 0.5) is 4.39 Å². The number of rotatable bonds is 6. The minimum Gasteiger partial charge on any atom is -0.392 e. The summed E-state index contributed by atoms with van der Waals surface area (Å²) in [5, 5.41) is 9.02. The summed E-state index contributed by atoms with van der Waals surface area (Å²) in [5.74, 6) is -0.982. The van der Waals surface area contributed by atoms with E-state index in [2.05, 4.69) is 4.72 Å². The van der Waals surface area contributed by atoms with E-state index >= 15 is 0 Å². The highest BCUT2D eigenvalue weighted by Crippen LogP contribution is 2.23. The van der Waals surface area contributed by atoms with E-state index in [1.165, 1.54) is 6.07 Å². The van der Waals surface area contributed by atoms with Gasteiger partial charge in [0.15, 0.2) is 0 Å². The maximum atomic E-state index is 13.9. The molecule has 5 nitrogen and oxygen atoms in total. The maximum absolute atomic E-state index is 13.9. The second kappa shape index (κ2) is 6.62. The van der Waals surface area contributed by atoms with Crippen LogP contribution in [0, 0.1) is 5.82 Å². The van der Waals surface area contributed by atoms with Gasteiger partial charge in [-0.05, 0) is 26.2 Å². The summed E-state index contributed by atoms with van der Waals surface area (Å²) < 4.78 is 40.1. The Balaban J connectivity index is 3.04. The van der Waals surface area contributed by atoms with Gasteiger partial charge in [-0.1, -0.05) is 11.6 Å². The molecule has 0 aliphatic carbocycles. The number of aliphatic hydroxyl groups is 1. The molecule has 0 aliphatic rings. The van der Waals surface area contributed by atoms with Crippen molar-refractivity contribution in [3.8, 4) is 0 Å². The van der Waals surface area contributed by atoms with Crippen LogP contribution in [-0.4, -0.2) is 45.6 Å². The van der Waals surface area contributed by atoms with E-state index in [0.29, 0.717) is 6.54 Å². The number of aliphatic hydroxyl groups excluding tert-OH is 1. The van der Waals surface area contributed by atoms with Crippen molar-refractivity contribution >= 4 is 21.6 Å². The Hall–Kier alpha value is -0.730. The SMILES string of the molecule is CN(C)CCNS(=O)(=O)c1cc(Cl)cc(CO)c1F. The summed E-state index contributed by atoms with van der Waals surface area (Å²) in [5.41, 5.74) is -0.152. The summed E-state index contributed by atoms with van der Waals surface area (Å²) in [7, 11) is -0.409. The van der Waals surface area contributed by atoms with Gasteiger partial charge in [-0.15, -0.1) is 0 Å². The van der Waals surface area contributed by atoms with Gasteiger partial charge in [-0.25, -0.2) is 17.5 Å². The summed E-state index contributed by atoms with van der Waals surface area (Å²) in [6.45, 7) is 0.0105. The van der Waals surface area contributed by atoms with Crippen molar-refractivity contribution in [2.45, 2.75) is 11.5 Å². The van der Waals surface area contributed by atoms with Gasteiger partial charge in [0.25, 0.3) is 0 Å². The fraction of sp³-hybridized carbons (Fsp3) is 0.455. The standard InChI is InChI=1S/C11H16ClFN2O3S/c1-15(2)4-3-14-19(17,18)10-6-9(12)5-8(7-16)11(10)13/h5-6,14,16H,3-4,7H2,1-2H3. The van der Waals surface area contributed by atoms with Gasteiger partial charge in [-0.3, -0.25) is 0 Å². The molecule has 0 aromatic heterocycles. The van der Waals surface area contributed by atoms with Crippen LogP contribution in [-0.2, 0) is 16.6 Å². The van der Waals surface area contributed by atoms with Gasteiger partial charge in [0.2, 0.25) is 10.0 Å². The smallest absolute Gasteiger partial charge is 0.243 e. The lowest BCUT2D eigenvalue weighted by Gasteiger charge is -2.12. The van der Waals surface area contributed by atoms with Gasteiger partial charge >= 0.3 is 0 Å². The fourth-order valence-electron chi connectivity index (χ4n) is 1.41. The van der Waals surface area contributed by atoms with Crippen molar-refractivity contribution in [1.29, 1.82) is 0 Å². The van der Waals surface area contributed by atoms with E-state index < -0.39 is 27.3 Å². The molecule has 1 aromatic carbocycles. The van der Waals surface area contributed by atoms with Crippen LogP contribution in [0.2, 0.25) is 5.02 Å². The number of sulfonamides is 1. The third-order valence-corrected chi connectivity index (χ3v) is 4.07. The van der Waals surface area contributed by atoms with Gasteiger partial charge in [0.05, 0.1) is 6.61 Å². The number of likely N-dealkylation sites (N-methyl/N-ethyl adjacent to an activating group) is 1. The molecule has 8 heteroatoms. The lowest BCUT2D eigenvalue weighted by atomic mass is 10.2. The van der Waals surface area contributed by atoms with Crippen molar-refractivity contribution in [3.05, 3.63) is 28.5 Å². The molecule has 0 aliphatic heterocycles. The van der Waals surface area contributed by atoms with Crippen LogP contribution in [0.15, 0.2) is 17.0 Å². The minimum atomic E-state index is -3.99. The van der Waals surface area contributed by atoms with Crippen molar-refractivity contribution in [2.75, 3.05) is 27.2 Å². The molecule has 0 saturated heterocycles. The fourth-order valence-corrected chi connectivity index (χ4v) is 2.88. The molecule has 19 heavy (non-hydrogen) atoms. The highest BCUT2D eigenvalue weighted by Gasteiger charge is 2.21. The zero-order valence-corrected chi connectivity index (χ0v) is 12.2. The second-order valence-corrected chi connectivity index (χ2v) is 6.41. The molecule has 1 aromatic rings. The quantitative estimate of drug-likeness (QED) is 0.816. The zero-order valence-electron chi connectivity index (χ0n) is 10.7. The number of hydrogen-bond acceptors (Lipinski definition) is 4. The van der Waals surface area contributed by atoms with Gasteiger partial charge in [0, 0.05) is 23.7 Å². The normalized spacial score (nSPS) is 12.1. The number of benzene rings is 1. The first kappa shape index (κ1) is 16.3. The van der Waals surface area contributed by atoms with Crippen molar-refractivity contribution in [2.24, 2.45) is 0 Å². The minimum absolute atomic E-state index is 0.0541. The van der Waals surface area contributed by atoms with Crippen LogP contribution in [0.5, 0.6) is 0 Å². The van der Waals surface area contributed by atoms with Crippen LogP contribution in [0.1, 0.15) is 5.56 Å². The summed E-state index contributed by atoms with van der Waals surface area (Å²) in [6, 6.07) is 2.21. The van der Waals surface area contributed by atoms with Crippen molar-refractivity contribution in [1.82, 2.24) is 9.62 Å². The molecule has 0 amide bonds. The molecule has 0 atom stereocenters. The van der Waals surface area contributed by atoms with Gasteiger partial charge in [-0.2, -0.15) is 0 Å². The molecule has 0 radical (unpaired) electrons. The summed E-state index contributed by atoms with van der Waals surface area (Å²) >= 11 is 5.71. The Morgan fingerprint density at radius 3 is 2.58 bits per heavy atom. The van der Waals surface area contributed by atoms with Gasteiger partial charge < -0.3 is 10.0 Å². The molecule has 0 fully saturated rings.